The molecule has 3 heterocycles. The number of pyridine rings is 1. The fourth-order valence-corrected chi connectivity index (χ4v) is 4.49. The molecule has 2 aromatic rings. The Bertz CT molecular complexity index is 1130. The Hall–Kier alpha value is -2.59. The van der Waals surface area contributed by atoms with Crippen LogP contribution in [0, 0.1) is 0 Å². The van der Waals surface area contributed by atoms with Gasteiger partial charge in [-0.1, -0.05) is 11.6 Å². The van der Waals surface area contributed by atoms with Crippen molar-refractivity contribution in [3.63, 3.8) is 0 Å². The summed E-state index contributed by atoms with van der Waals surface area (Å²) in [5, 5.41) is 0.549. The van der Waals surface area contributed by atoms with Crippen LogP contribution in [0.5, 0.6) is 0 Å². The van der Waals surface area contributed by atoms with E-state index in [1.165, 1.54) is 12.1 Å². The third-order valence-electron chi connectivity index (χ3n) is 4.95. The first-order chi connectivity index (χ1) is 14.2. The zero-order chi connectivity index (χ0) is 21.5. The van der Waals surface area contributed by atoms with Crippen LogP contribution in [0.15, 0.2) is 63.8 Å². The Morgan fingerprint density at radius 2 is 1.83 bits per heavy atom. The number of nitrogens with zero attached hydrogens (tertiary/aromatic N) is 4. The highest BCUT2D eigenvalue weighted by Crippen LogP contribution is 2.34. The Morgan fingerprint density at radius 3 is 2.50 bits per heavy atom. The number of aliphatic imine (C=N–C) groups is 1. The predicted octanol–water partition coefficient (Wildman–Crippen LogP) is 4.04. The summed E-state index contributed by atoms with van der Waals surface area (Å²) in [7, 11) is -5.38. The van der Waals surface area contributed by atoms with Gasteiger partial charge in [0.05, 0.1) is 9.92 Å². The first kappa shape index (κ1) is 20.7. The smallest absolute Gasteiger partial charge is 0.351 e. The van der Waals surface area contributed by atoms with Crippen molar-refractivity contribution in [3.05, 3.63) is 58.9 Å². The Labute approximate surface area is 176 Å². The zero-order valence-electron chi connectivity index (χ0n) is 15.5. The molecule has 2 aliphatic heterocycles. The lowest BCUT2D eigenvalue weighted by Crippen LogP contribution is -2.39. The molecule has 6 nitrogen and oxygen atoms in total. The minimum Gasteiger partial charge on any atom is -0.351 e. The van der Waals surface area contributed by atoms with Crippen LogP contribution in [0.4, 0.5) is 24.7 Å². The molecule has 0 spiro atoms. The van der Waals surface area contributed by atoms with Gasteiger partial charge in [-0.2, -0.15) is 13.2 Å². The first-order valence-electron chi connectivity index (χ1n) is 8.95. The lowest BCUT2D eigenvalue weighted by atomic mass is 10.0. The molecule has 1 aromatic heterocycles. The molecule has 0 unspecified atom stereocenters. The molecule has 0 saturated carbocycles. The summed E-state index contributed by atoms with van der Waals surface area (Å²) in [6, 6.07) is 8.20. The fraction of sp³-hybridized carbons (Fsp3) is 0.263. The molecule has 2 aliphatic rings. The van der Waals surface area contributed by atoms with Gasteiger partial charge in [0.1, 0.15) is 12.5 Å². The van der Waals surface area contributed by atoms with Crippen LogP contribution < -0.4 is 9.80 Å². The van der Waals surface area contributed by atoms with Gasteiger partial charge in [0, 0.05) is 48.9 Å². The minimum atomic E-state index is -5.38. The molecule has 30 heavy (non-hydrogen) atoms. The van der Waals surface area contributed by atoms with E-state index >= 15 is 0 Å². The van der Waals surface area contributed by atoms with E-state index in [4.69, 9.17) is 11.6 Å². The molecular formula is C19H16ClF3N4O2S. The van der Waals surface area contributed by atoms with Crippen molar-refractivity contribution in [2.45, 2.75) is 16.8 Å². The Balaban J connectivity index is 1.60. The molecular weight excluding hydrogens is 441 g/mol. The highest BCUT2D eigenvalue weighted by Gasteiger charge is 2.46. The van der Waals surface area contributed by atoms with E-state index in [0.29, 0.717) is 42.7 Å². The van der Waals surface area contributed by atoms with Crippen LogP contribution in [-0.2, 0) is 9.84 Å². The van der Waals surface area contributed by atoms with Crippen molar-refractivity contribution in [3.8, 4) is 0 Å². The third-order valence-corrected chi connectivity index (χ3v) is 6.75. The molecule has 0 bridgehead atoms. The number of alkyl halides is 3. The van der Waals surface area contributed by atoms with Gasteiger partial charge in [-0.15, -0.1) is 0 Å². The molecule has 0 atom stereocenters. The lowest BCUT2D eigenvalue weighted by Gasteiger charge is -2.37. The quantitative estimate of drug-likeness (QED) is 0.697. The summed E-state index contributed by atoms with van der Waals surface area (Å²) < 4.78 is 61.4. The maximum absolute atomic E-state index is 12.8. The second kappa shape index (κ2) is 7.59. The number of hydrogen-bond acceptors (Lipinski definition) is 6. The van der Waals surface area contributed by atoms with Crippen LogP contribution >= 0.6 is 11.6 Å². The molecule has 0 N–H and O–H groups in total. The average Bonchev–Trinajstić information content (AvgIpc) is 2.72. The van der Waals surface area contributed by atoms with Gasteiger partial charge in [0.15, 0.2) is 0 Å². The molecule has 0 fully saturated rings. The molecule has 1 aromatic carbocycles. The number of sulfone groups is 1. The standard InChI is InChI=1S/C19H16ClF3N4O2S/c20-16-2-1-8-25-18(16)26-9-7-17-13(11-26)10-24-12-27(17)14-3-5-15(6-4-14)30(28,29)19(21,22)23/h1-6,8,10H,7,9,11-12H2. The molecule has 4 rings (SSSR count). The summed E-state index contributed by atoms with van der Waals surface area (Å²) in [5.41, 5.74) is -2.83. The highest BCUT2D eigenvalue weighted by atomic mass is 35.5. The summed E-state index contributed by atoms with van der Waals surface area (Å²) in [6.45, 7) is 1.49. The van der Waals surface area contributed by atoms with Crippen LogP contribution in [0.1, 0.15) is 6.42 Å². The Kier molecular flexibility index (Phi) is 5.23. The van der Waals surface area contributed by atoms with Gasteiger partial charge in [-0.3, -0.25) is 4.99 Å². The number of halogens is 4. The van der Waals surface area contributed by atoms with Crippen molar-refractivity contribution < 1.29 is 21.6 Å². The van der Waals surface area contributed by atoms with Gasteiger partial charge in [-0.05, 0) is 36.4 Å². The molecule has 0 radical (unpaired) electrons. The molecule has 158 valence electrons. The summed E-state index contributed by atoms with van der Waals surface area (Å²) in [5.74, 6) is 0.679. The molecule has 0 aliphatic carbocycles. The van der Waals surface area contributed by atoms with Gasteiger partial charge < -0.3 is 9.80 Å². The SMILES string of the molecule is O=S(=O)(c1ccc(N2CN=CC3=C2CCN(c2ncccc2Cl)C3)cc1)C(F)(F)F. The monoisotopic (exact) mass is 456 g/mol. The lowest BCUT2D eigenvalue weighted by molar-refractivity contribution is -0.0436. The van der Waals surface area contributed by atoms with Crippen molar-refractivity contribution in [1.29, 1.82) is 0 Å². The van der Waals surface area contributed by atoms with E-state index in [0.717, 1.165) is 23.4 Å². The normalized spacial score (nSPS) is 17.3. The summed E-state index contributed by atoms with van der Waals surface area (Å²) in [4.78, 5) is 11.8. The van der Waals surface area contributed by atoms with Crippen molar-refractivity contribution >= 4 is 39.2 Å². The second-order valence-electron chi connectivity index (χ2n) is 6.78. The van der Waals surface area contributed by atoms with Crippen LogP contribution in [-0.4, -0.2) is 44.9 Å². The maximum Gasteiger partial charge on any atom is 0.501 e. The highest BCUT2D eigenvalue weighted by molar-refractivity contribution is 7.92. The first-order valence-corrected chi connectivity index (χ1v) is 10.8. The summed E-state index contributed by atoms with van der Waals surface area (Å²) >= 11 is 6.25. The zero-order valence-corrected chi connectivity index (χ0v) is 17.0. The number of benzene rings is 1. The maximum atomic E-state index is 12.8. The van der Waals surface area contributed by atoms with Crippen molar-refractivity contribution in [1.82, 2.24) is 4.98 Å². The van der Waals surface area contributed by atoms with E-state index < -0.39 is 20.2 Å². The largest absolute Gasteiger partial charge is 0.501 e. The van der Waals surface area contributed by atoms with Crippen molar-refractivity contribution in [2.75, 3.05) is 29.6 Å². The van der Waals surface area contributed by atoms with Crippen LogP contribution in [0.3, 0.4) is 0 Å². The van der Waals surface area contributed by atoms with Gasteiger partial charge in [0.25, 0.3) is 9.84 Å². The Morgan fingerprint density at radius 1 is 1.10 bits per heavy atom. The van der Waals surface area contributed by atoms with Gasteiger partial charge in [-0.25, -0.2) is 13.4 Å². The van der Waals surface area contributed by atoms with E-state index in [1.807, 2.05) is 9.80 Å². The molecule has 11 heteroatoms. The van der Waals surface area contributed by atoms with Gasteiger partial charge >= 0.3 is 5.51 Å². The number of rotatable bonds is 3. The topological polar surface area (TPSA) is 65.9 Å². The van der Waals surface area contributed by atoms with Crippen LogP contribution in [0.25, 0.3) is 0 Å². The average molecular weight is 457 g/mol. The number of anilines is 2. The van der Waals surface area contributed by atoms with Crippen molar-refractivity contribution in [2.24, 2.45) is 4.99 Å². The number of aromatic nitrogens is 1. The van der Waals surface area contributed by atoms with Crippen LogP contribution in [0.2, 0.25) is 5.02 Å². The predicted molar refractivity (Wildman–Crippen MR) is 109 cm³/mol. The summed E-state index contributed by atoms with van der Waals surface area (Å²) in [6.07, 6.45) is 4.09. The molecule has 0 saturated heterocycles. The third kappa shape index (κ3) is 3.65. The van der Waals surface area contributed by atoms with Gasteiger partial charge in [0.2, 0.25) is 0 Å². The van der Waals surface area contributed by atoms with E-state index in [9.17, 15) is 21.6 Å². The van der Waals surface area contributed by atoms with E-state index in [-0.39, 0.29) is 0 Å². The molecule has 0 amide bonds. The number of hydrogen-bond donors (Lipinski definition) is 0. The minimum absolute atomic E-state index is 0.300. The van der Waals surface area contributed by atoms with E-state index in [1.54, 1.807) is 24.5 Å². The van der Waals surface area contributed by atoms with E-state index in [2.05, 4.69) is 9.98 Å². The fourth-order valence-electron chi connectivity index (χ4n) is 3.49. The second-order valence-corrected chi connectivity index (χ2v) is 9.12.